The summed E-state index contributed by atoms with van der Waals surface area (Å²) in [6.07, 6.45) is 4.72. The largest absolute Gasteiger partial charge is 0.392 e. The lowest BCUT2D eigenvalue weighted by Gasteiger charge is -2.37. The summed E-state index contributed by atoms with van der Waals surface area (Å²) in [6, 6.07) is 0.362. The Hall–Kier alpha value is -0.910. The number of ether oxygens (including phenoxy) is 2. The van der Waals surface area contributed by atoms with Crippen molar-refractivity contribution >= 4 is 0 Å². The fourth-order valence-electron chi connectivity index (χ4n) is 3.77. The molecule has 3 rings (SSSR count). The van der Waals surface area contributed by atoms with Crippen molar-refractivity contribution in [3.05, 3.63) is 17.0 Å². The van der Waals surface area contributed by atoms with Crippen molar-refractivity contribution in [1.29, 1.82) is 0 Å². The SMILES string of the molecule is CCc1nn(C2CCOC3(CCOC3)C2)c(CC)c1CO. The molecular weight excluding hydrogens is 268 g/mol. The highest BCUT2D eigenvalue weighted by molar-refractivity contribution is 5.26. The maximum Gasteiger partial charge on any atom is 0.0957 e. The van der Waals surface area contributed by atoms with E-state index in [1.807, 2.05) is 0 Å². The van der Waals surface area contributed by atoms with E-state index in [0.29, 0.717) is 12.6 Å². The molecule has 0 aliphatic carbocycles. The van der Waals surface area contributed by atoms with Crippen LogP contribution in [-0.4, -0.2) is 40.3 Å². The van der Waals surface area contributed by atoms with E-state index < -0.39 is 0 Å². The summed E-state index contributed by atoms with van der Waals surface area (Å²) in [4.78, 5) is 0. The molecule has 5 heteroatoms. The van der Waals surface area contributed by atoms with E-state index in [4.69, 9.17) is 14.6 Å². The summed E-state index contributed by atoms with van der Waals surface area (Å²) >= 11 is 0. The van der Waals surface area contributed by atoms with Gasteiger partial charge in [0.2, 0.25) is 0 Å². The third-order valence-electron chi connectivity index (χ3n) is 4.91. The number of rotatable bonds is 4. The molecule has 2 atom stereocenters. The van der Waals surface area contributed by atoms with Crippen LogP contribution in [0.1, 0.15) is 56.1 Å². The Bertz CT molecular complexity index is 492. The molecular formula is C16H26N2O3. The standard InChI is InChI=1S/C16H26N2O3/c1-3-14-13(10-19)15(4-2)18(17-14)12-5-7-21-16(9-12)6-8-20-11-16/h12,19H,3-11H2,1-2H3. The summed E-state index contributed by atoms with van der Waals surface area (Å²) in [5.41, 5.74) is 3.15. The van der Waals surface area contributed by atoms with Crippen LogP contribution in [0.25, 0.3) is 0 Å². The number of hydrogen-bond acceptors (Lipinski definition) is 4. The normalized spacial score (nSPS) is 29.4. The van der Waals surface area contributed by atoms with Gasteiger partial charge in [-0.15, -0.1) is 0 Å². The summed E-state index contributed by atoms with van der Waals surface area (Å²) < 4.78 is 13.8. The Balaban J connectivity index is 1.90. The van der Waals surface area contributed by atoms with E-state index in [2.05, 4.69) is 18.5 Å². The Labute approximate surface area is 126 Å². The van der Waals surface area contributed by atoms with Crippen LogP contribution in [0, 0.1) is 0 Å². The molecule has 118 valence electrons. The van der Waals surface area contributed by atoms with Gasteiger partial charge in [0.1, 0.15) is 0 Å². The van der Waals surface area contributed by atoms with Crippen molar-refractivity contribution < 1.29 is 14.6 Å². The van der Waals surface area contributed by atoms with Gasteiger partial charge in [-0.05, 0) is 19.3 Å². The Kier molecular flexibility index (Phi) is 4.33. The van der Waals surface area contributed by atoms with Crippen molar-refractivity contribution in [3.63, 3.8) is 0 Å². The van der Waals surface area contributed by atoms with Crippen molar-refractivity contribution in [2.45, 2.75) is 64.2 Å². The molecule has 1 aromatic rings. The first-order valence-corrected chi connectivity index (χ1v) is 8.14. The molecule has 0 saturated carbocycles. The van der Waals surface area contributed by atoms with E-state index in [1.54, 1.807) is 0 Å². The maximum absolute atomic E-state index is 9.68. The fraction of sp³-hybridized carbons (Fsp3) is 0.812. The number of aliphatic hydroxyl groups excluding tert-OH is 1. The van der Waals surface area contributed by atoms with Crippen LogP contribution in [0.2, 0.25) is 0 Å². The number of aryl methyl sites for hydroxylation is 1. The molecule has 2 aliphatic heterocycles. The summed E-state index contributed by atoms with van der Waals surface area (Å²) in [6.45, 7) is 6.60. The molecule has 1 N–H and O–H groups in total. The lowest BCUT2D eigenvalue weighted by atomic mass is 9.89. The zero-order chi connectivity index (χ0) is 14.9. The molecule has 1 aromatic heterocycles. The maximum atomic E-state index is 9.68. The second-order valence-electron chi connectivity index (χ2n) is 6.16. The van der Waals surface area contributed by atoms with Gasteiger partial charge in [-0.25, -0.2) is 0 Å². The van der Waals surface area contributed by atoms with Crippen LogP contribution in [0.15, 0.2) is 0 Å². The molecule has 0 amide bonds. The summed E-state index contributed by atoms with van der Waals surface area (Å²) in [7, 11) is 0. The van der Waals surface area contributed by atoms with Gasteiger partial charge < -0.3 is 14.6 Å². The molecule has 0 aromatic carbocycles. The van der Waals surface area contributed by atoms with Crippen LogP contribution < -0.4 is 0 Å². The van der Waals surface area contributed by atoms with Crippen molar-refractivity contribution in [2.75, 3.05) is 19.8 Å². The Morgan fingerprint density at radius 3 is 2.81 bits per heavy atom. The monoisotopic (exact) mass is 294 g/mol. The van der Waals surface area contributed by atoms with Crippen molar-refractivity contribution in [2.24, 2.45) is 0 Å². The number of aliphatic hydroxyl groups is 1. The predicted molar refractivity (Wildman–Crippen MR) is 79.3 cm³/mol. The first kappa shape index (κ1) is 15.0. The summed E-state index contributed by atoms with van der Waals surface area (Å²) in [5, 5.41) is 14.5. The first-order chi connectivity index (χ1) is 10.2. The second-order valence-corrected chi connectivity index (χ2v) is 6.16. The third kappa shape index (κ3) is 2.62. The zero-order valence-electron chi connectivity index (χ0n) is 13.1. The molecule has 1 spiro atoms. The number of hydrogen-bond donors (Lipinski definition) is 1. The minimum absolute atomic E-state index is 0.0871. The molecule has 3 heterocycles. The van der Waals surface area contributed by atoms with Crippen LogP contribution in [-0.2, 0) is 28.9 Å². The fourth-order valence-corrected chi connectivity index (χ4v) is 3.77. The van der Waals surface area contributed by atoms with E-state index in [9.17, 15) is 5.11 Å². The van der Waals surface area contributed by atoms with Gasteiger partial charge >= 0.3 is 0 Å². The van der Waals surface area contributed by atoms with E-state index >= 15 is 0 Å². The molecule has 5 nitrogen and oxygen atoms in total. The highest BCUT2D eigenvalue weighted by Crippen LogP contribution is 2.38. The van der Waals surface area contributed by atoms with Gasteiger partial charge in [0, 0.05) is 37.3 Å². The molecule has 2 unspecified atom stereocenters. The van der Waals surface area contributed by atoms with Crippen LogP contribution in [0.5, 0.6) is 0 Å². The smallest absolute Gasteiger partial charge is 0.0957 e. The second kappa shape index (κ2) is 6.07. The lowest BCUT2D eigenvalue weighted by molar-refractivity contribution is -0.0965. The van der Waals surface area contributed by atoms with Crippen LogP contribution in [0.3, 0.4) is 0 Å². The van der Waals surface area contributed by atoms with Gasteiger partial charge in [0.15, 0.2) is 0 Å². The highest BCUT2D eigenvalue weighted by atomic mass is 16.6. The number of nitrogens with zero attached hydrogens (tertiary/aromatic N) is 2. The Morgan fingerprint density at radius 2 is 2.19 bits per heavy atom. The predicted octanol–water partition coefficient (Wildman–Crippen LogP) is 2.01. The van der Waals surface area contributed by atoms with E-state index in [-0.39, 0.29) is 12.2 Å². The quantitative estimate of drug-likeness (QED) is 0.923. The van der Waals surface area contributed by atoms with Gasteiger partial charge in [-0.1, -0.05) is 13.8 Å². The van der Waals surface area contributed by atoms with Crippen LogP contribution >= 0.6 is 0 Å². The lowest BCUT2D eigenvalue weighted by Crippen LogP contribution is -2.41. The summed E-state index contributed by atoms with van der Waals surface area (Å²) in [5.74, 6) is 0. The third-order valence-corrected chi connectivity index (χ3v) is 4.91. The van der Waals surface area contributed by atoms with Crippen molar-refractivity contribution in [3.8, 4) is 0 Å². The van der Waals surface area contributed by atoms with Gasteiger partial charge in [-0.2, -0.15) is 5.10 Å². The van der Waals surface area contributed by atoms with Crippen molar-refractivity contribution in [1.82, 2.24) is 9.78 Å². The average Bonchev–Trinajstić information content (AvgIpc) is 3.10. The average molecular weight is 294 g/mol. The molecule has 0 radical (unpaired) electrons. The van der Waals surface area contributed by atoms with Gasteiger partial charge in [-0.3, -0.25) is 4.68 Å². The molecule has 2 saturated heterocycles. The first-order valence-electron chi connectivity index (χ1n) is 8.14. The molecule has 2 fully saturated rings. The zero-order valence-corrected chi connectivity index (χ0v) is 13.1. The minimum Gasteiger partial charge on any atom is -0.392 e. The van der Waals surface area contributed by atoms with Gasteiger partial charge in [0.05, 0.1) is 30.6 Å². The Morgan fingerprint density at radius 1 is 1.33 bits per heavy atom. The van der Waals surface area contributed by atoms with Crippen LogP contribution in [0.4, 0.5) is 0 Å². The highest BCUT2D eigenvalue weighted by Gasteiger charge is 2.42. The van der Waals surface area contributed by atoms with Gasteiger partial charge in [0.25, 0.3) is 0 Å². The minimum atomic E-state index is -0.106. The molecule has 0 bridgehead atoms. The number of aromatic nitrogens is 2. The molecule has 2 aliphatic rings. The van der Waals surface area contributed by atoms with E-state index in [1.165, 1.54) is 5.69 Å². The molecule has 21 heavy (non-hydrogen) atoms. The topological polar surface area (TPSA) is 56.5 Å². The van der Waals surface area contributed by atoms with E-state index in [0.717, 1.165) is 56.6 Å².